The number of carbonyl (C=O) groups excluding carboxylic acids is 2. The minimum absolute atomic E-state index is 0.0241. The van der Waals surface area contributed by atoms with Crippen molar-refractivity contribution in [3.8, 4) is 0 Å². The first-order valence-electron chi connectivity index (χ1n) is 4.71. The van der Waals surface area contributed by atoms with Gasteiger partial charge in [-0.05, 0) is 25.5 Å². The van der Waals surface area contributed by atoms with Gasteiger partial charge in [0.2, 0.25) is 0 Å². The number of carbonyl (C=O) groups is 2. The van der Waals surface area contributed by atoms with Crippen LogP contribution in [0.5, 0.6) is 0 Å². The summed E-state index contributed by atoms with van der Waals surface area (Å²) < 4.78 is 4.48. The Morgan fingerprint density at radius 2 is 2.00 bits per heavy atom. The molecule has 0 saturated carbocycles. The Bertz CT molecular complexity index is 379. The molecule has 82 valence electrons. The van der Waals surface area contributed by atoms with Crippen LogP contribution in [0.25, 0.3) is 0 Å². The van der Waals surface area contributed by atoms with E-state index in [9.17, 15) is 9.59 Å². The molecule has 0 radical (unpaired) electrons. The molecule has 0 aromatic carbocycles. The van der Waals surface area contributed by atoms with Crippen molar-refractivity contribution in [2.45, 2.75) is 26.7 Å². The van der Waals surface area contributed by atoms with Gasteiger partial charge in [0.25, 0.3) is 0 Å². The van der Waals surface area contributed by atoms with Gasteiger partial charge >= 0.3 is 5.97 Å². The summed E-state index contributed by atoms with van der Waals surface area (Å²) in [5.74, 6) is -0.315. The van der Waals surface area contributed by atoms with Crippen molar-refractivity contribution < 1.29 is 14.3 Å². The highest BCUT2D eigenvalue weighted by Gasteiger charge is 2.13. The molecule has 0 spiro atoms. The van der Waals surface area contributed by atoms with Gasteiger partial charge in [-0.25, -0.2) is 0 Å². The summed E-state index contributed by atoms with van der Waals surface area (Å²) in [5, 5.41) is 0. The molecule has 1 heterocycles. The van der Waals surface area contributed by atoms with Crippen LogP contribution in [0.1, 0.15) is 33.0 Å². The van der Waals surface area contributed by atoms with Gasteiger partial charge in [-0.2, -0.15) is 0 Å². The van der Waals surface area contributed by atoms with Gasteiger partial charge in [-0.3, -0.25) is 9.59 Å². The van der Waals surface area contributed by atoms with E-state index in [1.807, 2.05) is 19.9 Å². The molecule has 0 N–H and O–H groups in total. The van der Waals surface area contributed by atoms with E-state index in [0.717, 1.165) is 15.3 Å². The van der Waals surface area contributed by atoms with Crippen LogP contribution in [0.4, 0.5) is 0 Å². The lowest BCUT2D eigenvalue weighted by Gasteiger charge is -1.98. The highest BCUT2D eigenvalue weighted by molar-refractivity contribution is 7.14. The summed E-state index contributed by atoms with van der Waals surface area (Å²) in [7, 11) is 1.33. The van der Waals surface area contributed by atoms with Gasteiger partial charge in [0.1, 0.15) is 0 Å². The van der Waals surface area contributed by atoms with Crippen LogP contribution in [0, 0.1) is 13.8 Å². The Balaban J connectivity index is 2.61. The van der Waals surface area contributed by atoms with Crippen LogP contribution in [-0.4, -0.2) is 18.9 Å². The van der Waals surface area contributed by atoms with Crippen LogP contribution in [0.15, 0.2) is 6.07 Å². The monoisotopic (exact) mass is 226 g/mol. The van der Waals surface area contributed by atoms with E-state index in [-0.39, 0.29) is 24.6 Å². The predicted octanol–water partition coefficient (Wildman–Crippen LogP) is 2.50. The maximum absolute atomic E-state index is 11.7. The second-order valence-electron chi connectivity index (χ2n) is 3.37. The Labute approximate surface area is 93.1 Å². The van der Waals surface area contributed by atoms with E-state index in [0.29, 0.717) is 0 Å². The lowest BCUT2D eigenvalue weighted by atomic mass is 10.1. The average molecular weight is 226 g/mol. The molecule has 4 heteroatoms. The summed E-state index contributed by atoms with van der Waals surface area (Å²) in [6.07, 6.45) is 0.388. The van der Waals surface area contributed by atoms with Gasteiger partial charge in [-0.1, -0.05) is 0 Å². The van der Waals surface area contributed by atoms with E-state index < -0.39 is 0 Å². The molecule has 0 fully saturated rings. The minimum atomic E-state index is -0.339. The number of esters is 1. The quantitative estimate of drug-likeness (QED) is 0.585. The van der Waals surface area contributed by atoms with Gasteiger partial charge < -0.3 is 4.74 Å². The zero-order chi connectivity index (χ0) is 11.4. The zero-order valence-electron chi connectivity index (χ0n) is 9.12. The highest BCUT2D eigenvalue weighted by atomic mass is 32.1. The van der Waals surface area contributed by atoms with E-state index >= 15 is 0 Å². The van der Waals surface area contributed by atoms with Crippen molar-refractivity contribution in [1.82, 2.24) is 0 Å². The topological polar surface area (TPSA) is 43.4 Å². The number of Topliss-reactive ketones (excluding diaryl/α,β-unsaturated/α-hetero) is 1. The second-order valence-corrected chi connectivity index (χ2v) is 4.62. The predicted molar refractivity (Wildman–Crippen MR) is 59.4 cm³/mol. The van der Waals surface area contributed by atoms with Crippen molar-refractivity contribution in [2.75, 3.05) is 7.11 Å². The Hall–Kier alpha value is -1.16. The summed E-state index contributed by atoms with van der Waals surface area (Å²) in [6.45, 7) is 3.88. The van der Waals surface area contributed by atoms with E-state index in [1.54, 1.807) is 0 Å². The first-order valence-corrected chi connectivity index (χ1v) is 5.53. The van der Waals surface area contributed by atoms with Gasteiger partial charge in [0, 0.05) is 11.3 Å². The maximum Gasteiger partial charge on any atom is 0.305 e. The van der Waals surface area contributed by atoms with E-state index in [4.69, 9.17) is 0 Å². The standard InChI is InChI=1S/C11H14O3S/c1-7-6-8(2)15-11(7)9(12)4-5-10(13)14-3/h6H,4-5H2,1-3H3. The van der Waals surface area contributed by atoms with Crippen molar-refractivity contribution >= 4 is 23.1 Å². The Morgan fingerprint density at radius 1 is 1.33 bits per heavy atom. The molecule has 0 saturated heterocycles. The molecule has 0 amide bonds. The van der Waals surface area contributed by atoms with Crippen LogP contribution in [-0.2, 0) is 9.53 Å². The largest absolute Gasteiger partial charge is 0.469 e. The summed E-state index contributed by atoms with van der Waals surface area (Å²) >= 11 is 1.48. The molecule has 3 nitrogen and oxygen atoms in total. The van der Waals surface area contributed by atoms with Crippen LogP contribution < -0.4 is 0 Å². The molecule has 1 aromatic heterocycles. The summed E-state index contributed by atoms with van der Waals surface area (Å²) in [6, 6.07) is 1.98. The lowest BCUT2D eigenvalue weighted by molar-refractivity contribution is -0.140. The number of hydrogen-bond acceptors (Lipinski definition) is 4. The third-order valence-electron chi connectivity index (χ3n) is 2.08. The maximum atomic E-state index is 11.7. The van der Waals surface area contributed by atoms with Crippen LogP contribution >= 0.6 is 11.3 Å². The SMILES string of the molecule is COC(=O)CCC(=O)c1sc(C)cc1C. The van der Waals surface area contributed by atoms with E-state index in [1.165, 1.54) is 18.4 Å². The first kappa shape index (κ1) is 11.9. The fourth-order valence-electron chi connectivity index (χ4n) is 1.35. The van der Waals surface area contributed by atoms with Crippen molar-refractivity contribution in [2.24, 2.45) is 0 Å². The molecular formula is C11H14O3S. The third kappa shape index (κ3) is 3.16. The smallest absolute Gasteiger partial charge is 0.305 e. The summed E-state index contributed by atoms with van der Waals surface area (Å²) in [5.41, 5.74) is 0.993. The van der Waals surface area contributed by atoms with Crippen LogP contribution in [0.2, 0.25) is 0 Å². The van der Waals surface area contributed by atoms with Crippen molar-refractivity contribution in [3.63, 3.8) is 0 Å². The molecule has 1 rings (SSSR count). The highest BCUT2D eigenvalue weighted by Crippen LogP contribution is 2.22. The zero-order valence-corrected chi connectivity index (χ0v) is 9.94. The molecular weight excluding hydrogens is 212 g/mol. The van der Waals surface area contributed by atoms with Gasteiger partial charge in [0.15, 0.2) is 5.78 Å². The lowest BCUT2D eigenvalue weighted by Crippen LogP contribution is -2.05. The van der Waals surface area contributed by atoms with Crippen molar-refractivity contribution in [3.05, 3.63) is 21.4 Å². The number of hydrogen-bond donors (Lipinski definition) is 0. The number of methoxy groups -OCH3 is 1. The number of ether oxygens (including phenoxy) is 1. The van der Waals surface area contributed by atoms with Crippen LogP contribution in [0.3, 0.4) is 0 Å². The Morgan fingerprint density at radius 3 is 2.47 bits per heavy atom. The van der Waals surface area contributed by atoms with Crippen molar-refractivity contribution in [1.29, 1.82) is 0 Å². The number of ketones is 1. The fourth-order valence-corrected chi connectivity index (χ4v) is 2.34. The normalized spacial score (nSPS) is 10.1. The number of thiophene rings is 1. The molecule has 0 aliphatic carbocycles. The van der Waals surface area contributed by atoms with Gasteiger partial charge in [-0.15, -0.1) is 11.3 Å². The average Bonchev–Trinajstić information content (AvgIpc) is 2.53. The molecule has 0 bridgehead atoms. The number of aryl methyl sites for hydroxylation is 2. The molecule has 15 heavy (non-hydrogen) atoms. The molecule has 0 atom stereocenters. The minimum Gasteiger partial charge on any atom is -0.469 e. The second kappa shape index (κ2) is 5.07. The molecule has 0 aliphatic heterocycles. The molecule has 1 aromatic rings. The van der Waals surface area contributed by atoms with E-state index in [2.05, 4.69) is 4.74 Å². The first-order chi connectivity index (χ1) is 7.04. The number of rotatable bonds is 4. The molecule has 0 aliphatic rings. The van der Waals surface area contributed by atoms with Gasteiger partial charge in [0.05, 0.1) is 18.4 Å². The summed E-state index contributed by atoms with van der Waals surface area (Å²) in [4.78, 5) is 24.4. The third-order valence-corrected chi connectivity index (χ3v) is 3.27. The fraction of sp³-hybridized carbons (Fsp3) is 0.455. The Kier molecular flexibility index (Phi) is 4.03. The molecule has 0 unspecified atom stereocenters.